The van der Waals surface area contributed by atoms with E-state index in [2.05, 4.69) is 20.2 Å². The second-order valence-corrected chi connectivity index (χ2v) is 7.48. The minimum absolute atomic E-state index is 0.172. The fraction of sp³-hybridized carbons (Fsp3) is 0.692. The van der Waals surface area contributed by atoms with Gasteiger partial charge in [0.25, 0.3) is 0 Å². The lowest BCUT2D eigenvalue weighted by atomic mass is 10.0. The zero-order valence-electron chi connectivity index (χ0n) is 12.2. The molecule has 116 valence electrons. The molecule has 0 saturated carbocycles. The highest BCUT2D eigenvalue weighted by atomic mass is 32.2. The number of hydrogen-bond acceptors (Lipinski definition) is 6. The smallest absolute Gasteiger partial charge is 0.246 e. The predicted molar refractivity (Wildman–Crippen MR) is 79.5 cm³/mol. The molecule has 2 fully saturated rings. The largest absolute Gasteiger partial charge is 0.357 e. The molecule has 7 nitrogen and oxygen atoms in total. The van der Waals surface area contributed by atoms with E-state index in [1.807, 2.05) is 0 Å². The molecule has 3 rings (SSSR count). The number of anilines is 1. The number of aromatic nitrogens is 2. The molecule has 0 radical (unpaired) electrons. The van der Waals surface area contributed by atoms with Crippen LogP contribution < -0.4 is 5.32 Å². The van der Waals surface area contributed by atoms with E-state index in [0.717, 1.165) is 19.5 Å². The summed E-state index contributed by atoms with van der Waals surface area (Å²) in [4.78, 5) is 10.6. The Bertz CT molecular complexity index is 589. The number of piperidine rings is 1. The minimum Gasteiger partial charge on any atom is -0.357 e. The molecule has 21 heavy (non-hydrogen) atoms. The average molecular weight is 311 g/mol. The van der Waals surface area contributed by atoms with E-state index in [1.165, 1.54) is 25.2 Å². The highest BCUT2D eigenvalue weighted by Gasteiger charge is 2.35. The van der Waals surface area contributed by atoms with E-state index in [1.54, 1.807) is 11.4 Å². The van der Waals surface area contributed by atoms with Crippen LogP contribution in [0.3, 0.4) is 0 Å². The van der Waals surface area contributed by atoms with Crippen LogP contribution in [0.5, 0.6) is 0 Å². The van der Waals surface area contributed by atoms with Crippen LogP contribution in [0.4, 0.5) is 5.95 Å². The lowest BCUT2D eigenvalue weighted by molar-refractivity contribution is 0.0851. The molecule has 1 N–H and O–H groups in total. The molecular weight excluding hydrogens is 290 g/mol. The van der Waals surface area contributed by atoms with Crippen LogP contribution in [0.25, 0.3) is 0 Å². The average Bonchev–Trinajstić information content (AvgIpc) is 2.54. The number of nitrogens with one attached hydrogen (secondary N) is 1. The number of piperazine rings is 1. The van der Waals surface area contributed by atoms with E-state index < -0.39 is 10.0 Å². The number of rotatable bonds is 3. The van der Waals surface area contributed by atoms with Crippen LogP contribution in [0.2, 0.25) is 0 Å². The van der Waals surface area contributed by atoms with E-state index in [0.29, 0.717) is 25.1 Å². The third-order valence-corrected chi connectivity index (χ3v) is 6.11. The summed E-state index contributed by atoms with van der Waals surface area (Å²) in [6, 6.07) is 0.361. The minimum atomic E-state index is -3.48. The van der Waals surface area contributed by atoms with E-state index in [9.17, 15) is 8.42 Å². The van der Waals surface area contributed by atoms with Crippen LogP contribution in [-0.2, 0) is 10.0 Å². The Balaban J connectivity index is 1.78. The first-order valence-electron chi connectivity index (χ1n) is 7.35. The molecule has 0 spiro atoms. The van der Waals surface area contributed by atoms with E-state index in [4.69, 9.17) is 0 Å². The first-order valence-corrected chi connectivity index (χ1v) is 8.79. The van der Waals surface area contributed by atoms with E-state index >= 15 is 0 Å². The maximum absolute atomic E-state index is 12.7. The Kier molecular flexibility index (Phi) is 4.10. The van der Waals surface area contributed by atoms with Gasteiger partial charge in [0.2, 0.25) is 16.0 Å². The highest BCUT2D eigenvalue weighted by Crippen LogP contribution is 2.25. The van der Waals surface area contributed by atoms with Crippen molar-refractivity contribution in [3.8, 4) is 0 Å². The van der Waals surface area contributed by atoms with Gasteiger partial charge in [0.1, 0.15) is 4.90 Å². The van der Waals surface area contributed by atoms with Crippen molar-refractivity contribution in [3.63, 3.8) is 0 Å². The Labute approximate surface area is 125 Å². The number of fused-ring (bicyclic) bond motifs is 1. The van der Waals surface area contributed by atoms with Crippen molar-refractivity contribution in [2.75, 3.05) is 38.5 Å². The van der Waals surface area contributed by atoms with Gasteiger partial charge in [-0.1, -0.05) is 6.42 Å². The second-order valence-electron chi connectivity index (χ2n) is 5.54. The summed E-state index contributed by atoms with van der Waals surface area (Å²) < 4.78 is 26.9. The van der Waals surface area contributed by atoms with Crippen LogP contribution in [0.1, 0.15) is 19.3 Å². The lowest BCUT2D eigenvalue weighted by Crippen LogP contribution is -2.56. The molecule has 2 aliphatic heterocycles. The summed E-state index contributed by atoms with van der Waals surface area (Å²) in [5.74, 6) is 0.422. The molecule has 1 aromatic rings. The standard InChI is InChI=1S/C13H21N5O2S/c1-14-13-15-8-12(9-16-13)21(19,20)18-7-6-17-5-3-2-4-11(17)10-18/h8-9,11H,2-7,10H2,1H3,(H,14,15,16). The molecule has 0 aliphatic carbocycles. The van der Waals surface area contributed by atoms with Crippen molar-refractivity contribution < 1.29 is 8.42 Å². The van der Waals surface area contributed by atoms with Gasteiger partial charge in [-0.05, 0) is 19.4 Å². The molecule has 1 aromatic heterocycles. The van der Waals surface area contributed by atoms with Crippen LogP contribution in [0.15, 0.2) is 17.3 Å². The molecule has 3 heterocycles. The molecule has 1 atom stereocenters. The summed E-state index contributed by atoms with van der Waals surface area (Å²) in [6.45, 7) is 3.04. The van der Waals surface area contributed by atoms with Gasteiger partial charge in [0.15, 0.2) is 0 Å². The zero-order valence-corrected chi connectivity index (χ0v) is 13.0. The summed E-state index contributed by atoms with van der Waals surface area (Å²) >= 11 is 0. The maximum Gasteiger partial charge on any atom is 0.246 e. The number of sulfonamides is 1. The third kappa shape index (κ3) is 2.88. The number of hydrogen-bond donors (Lipinski definition) is 1. The fourth-order valence-corrected chi connectivity index (χ4v) is 4.43. The van der Waals surface area contributed by atoms with Gasteiger partial charge in [0, 0.05) is 32.7 Å². The second kappa shape index (κ2) is 5.86. The molecular formula is C13H21N5O2S. The van der Waals surface area contributed by atoms with E-state index in [-0.39, 0.29) is 4.90 Å². The van der Waals surface area contributed by atoms with Gasteiger partial charge in [0.05, 0.1) is 12.4 Å². The lowest BCUT2D eigenvalue weighted by Gasteiger charge is -2.43. The van der Waals surface area contributed by atoms with Crippen molar-refractivity contribution in [3.05, 3.63) is 12.4 Å². The Morgan fingerprint density at radius 2 is 1.95 bits per heavy atom. The Morgan fingerprint density at radius 3 is 2.67 bits per heavy atom. The topological polar surface area (TPSA) is 78.4 Å². The van der Waals surface area contributed by atoms with Gasteiger partial charge in [-0.25, -0.2) is 18.4 Å². The Hall–Kier alpha value is -1.25. The Morgan fingerprint density at radius 1 is 1.19 bits per heavy atom. The van der Waals surface area contributed by atoms with Crippen molar-refractivity contribution in [2.45, 2.75) is 30.2 Å². The van der Waals surface area contributed by atoms with Crippen molar-refractivity contribution in [1.29, 1.82) is 0 Å². The van der Waals surface area contributed by atoms with Gasteiger partial charge in [-0.2, -0.15) is 4.31 Å². The molecule has 2 aliphatic rings. The molecule has 1 unspecified atom stereocenters. The van der Waals surface area contributed by atoms with Gasteiger partial charge >= 0.3 is 0 Å². The van der Waals surface area contributed by atoms with Gasteiger partial charge in [-0.15, -0.1) is 0 Å². The van der Waals surface area contributed by atoms with Crippen molar-refractivity contribution in [2.24, 2.45) is 0 Å². The van der Waals surface area contributed by atoms with Crippen LogP contribution >= 0.6 is 0 Å². The normalized spacial score (nSPS) is 24.5. The van der Waals surface area contributed by atoms with Crippen molar-refractivity contribution >= 4 is 16.0 Å². The monoisotopic (exact) mass is 311 g/mol. The van der Waals surface area contributed by atoms with Gasteiger partial charge < -0.3 is 5.32 Å². The summed E-state index contributed by atoms with van der Waals surface area (Å²) in [5.41, 5.74) is 0. The molecule has 8 heteroatoms. The number of nitrogens with zero attached hydrogens (tertiary/aromatic N) is 4. The zero-order chi connectivity index (χ0) is 14.9. The van der Waals surface area contributed by atoms with Crippen LogP contribution in [0, 0.1) is 0 Å². The predicted octanol–water partition coefficient (Wildman–Crippen LogP) is 0.377. The SMILES string of the molecule is CNc1ncc(S(=O)(=O)N2CCN3CCCCC3C2)cn1. The fourth-order valence-electron chi connectivity index (χ4n) is 3.07. The molecule has 0 aromatic carbocycles. The molecule has 0 bridgehead atoms. The first kappa shape index (κ1) is 14.7. The van der Waals surface area contributed by atoms with Crippen LogP contribution in [-0.4, -0.2) is 66.9 Å². The first-order chi connectivity index (χ1) is 10.1. The summed E-state index contributed by atoms with van der Waals surface area (Å²) in [7, 11) is -1.78. The quantitative estimate of drug-likeness (QED) is 0.869. The van der Waals surface area contributed by atoms with Crippen molar-refractivity contribution in [1.82, 2.24) is 19.2 Å². The summed E-state index contributed by atoms with van der Waals surface area (Å²) in [6.07, 6.45) is 6.25. The maximum atomic E-state index is 12.7. The van der Waals surface area contributed by atoms with Gasteiger partial charge in [-0.3, -0.25) is 4.90 Å². The summed E-state index contributed by atoms with van der Waals surface area (Å²) in [5, 5.41) is 2.79. The third-order valence-electron chi connectivity index (χ3n) is 4.29. The highest BCUT2D eigenvalue weighted by molar-refractivity contribution is 7.89. The molecule has 2 saturated heterocycles. The molecule has 0 amide bonds.